The lowest BCUT2D eigenvalue weighted by Gasteiger charge is -2.37. The number of anilines is 2. The van der Waals surface area contributed by atoms with Crippen LogP contribution >= 0.6 is 0 Å². The van der Waals surface area contributed by atoms with Gasteiger partial charge in [-0.2, -0.15) is 0 Å². The van der Waals surface area contributed by atoms with E-state index in [1.165, 1.54) is 37.8 Å². The van der Waals surface area contributed by atoms with Crippen LogP contribution in [-0.4, -0.2) is 33.7 Å². The normalized spacial score (nSPS) is 22.1. The molecule has 5 nitrogen and oxygen atoms in total. The van der Waals surface area contributed by atoms with Crippen LogP contribution in [0.15, 0.2) is 53.4 Å². The predicted octanol–water partition coefficient (Wildman–Crippen LogP) is 3.51. The van der Waals surface area contributed by atoms with E-state index in [1.807, 2.05) is 12.1 Å². The molecule has 1 aliphatic carbocycles. The first-order valence-corrected chi connectivity index (χ1v) is 11.8. The van der Waals surface area contributed by atoms with Gasteiger partial charge in [-0.3, -0.25) is 9.62 Å². The molecule has 1 saturated carbocycles. The van der Waals surface area contributed by atoms with E-state index < -0.39 is 10.0 Å². The number of rotatable bonds is 5. The van der Waals surface area contributed by atoms with Crippen LogP contribution in [0, 0.1) is 0 Å². The Bertz CT molecular complexity index is 951. The van der Waals surface area contributed by atoms with Gasteiger partial charge in [-0.25, -0.2) is 8.42 Å². The molecule has 0 aromatic heterocycles. The second kappa shape index (κ2) is 7.08. The third kappa shape index (κ3) is 3.18. The van der Waals surface area contributed by atoms with Gasteiger partial charge < -0.3 is 4.90 Å². The number of piperidine rings is 1. The molecule has 1 unspecified atom stereocenters. The first-order valence-electron chi connectivity index (χ1n) is 10.4. The lowest BCUT2D eigenvalue weighted by atomic mass is 10.1. The minimum Gasteiger partial charge on any atom is -0.353 e. The third-order valence-electron chi connectivity index (χ3n) is 6.11. The van der Waals surface area contributed by atoms with E-state index in [1.54, 1.807) is 28.6 Å². The van der Waals surface area contributed by atoms with Crippen LogP contribution in [0.3, 0.4) is 0 Å². The summed E-state index contributed by atoms with van der Waals surface area (Å²) >= 11 is 0. The zero-order valence-corrected chi connectivity index (χ0v) is 16.9. The Labute approximate surface area is 167 Å². The standard InChI is InChI=1S/C22H27N3O2S/c26-28(27,20-6-2-1-3-7-20)24-15-13-17-16-19(11-12-21(17)24)25(18-9-10-18)22-8-4-5-14-23-22/h1-3,6-7,11-12,16,18,22-23H,4-5,8-10,13-15H2. The Kier molecular flexibility index (Phi) is 4.56. The number of sulfonamides is 1. The molecule has 6 heteroatoms. The number of fused-ring (bicyclic) bond motifs is 1. The molecule has 0 bridgehead atoms. The molecule has 0 radical (unpaired) electrons. The van der Waals surface area contributed by atoms with E-state index in [-0.39, 0.29) is 0 Å². The van der Waals surface area contributed by atoms with E-state index in [0.717, 1.165) is 24.2 Å². The smallest absolute Gasteiger partial charge is 0.264 e. The molecule has 148 valence electrons. The highest BCUT2D eigenvalue weighted by Crippen LogP contribution is 2.39. The van der Waals surface area contributed by atoms with Crippen LogP contribution in [0.25, 0.3) is 0 Å². The summed E-state index contributed by atoms with van der Waals surface area (Å²) in [7, 11) is -3.50. The Morgan fingerprint density at radius 3 is 2.54 bits per heavy atom. The fourth-order valence-electron chi connectivity index (χ4n) is 4.56. The number of nitrogens with zero attached hydrogens (tertiary/aromatic N) is 2. The van der Waals surface area contributed by atoms with Crippen molar-refractivity contribution in [2.75, 3.05) is 22.3 Å². The van der Waals surface area contributed by atoms with Crippen molar-refractivity contribution in [1.29, 1.82) is 0 Å². The summed E-state index contributed by atoms with van der Waals surface area (Å²) in [5.74, 6) is 0. The molecule has 1 N–H and O–H groups in total. The fraction of sp³-hybridized carbons (Fsp3) is 0.455. The van der Waals surface area contributed by atoms with E-state index in [2.05, 4.69) is 22.3 Å². The van der Waals surface area contributed by atoms with Crippen molar-refractivity contribution >= 4 is 21.4 Å². The SMILES string of the molecule is O=S(=O)(c1ccccc1)N1CCc2cc(N(C3CC3)C3CCCCN3)ccc21. The zero-order valence-electron chi connectivity index (χ0n) is 16.0. The van der Waals surface area contributed by atoms with Crippen molar-refractivity contribution in [2.45, 2.75) is 55.6 Å². The van der Waals surface area contributed by atoms with Gasteiger partial charge in [0, 0.05) is 18.3 Å². The van der Waals surface area contributed by atoms with Crippen LogP contribution in [0.4, 0.5) is 11.4 Å². The summed E-state index contributed by atoms with van der Waals surface area (Å²) in [4.78, 5) is 2.91. The molecule has 5 rings (SSSR count). The first kappa shape index (κ1) is 18.0. The van der Waals surface area contributed by atoms with Crippen LogP contribution in [0.1, 0.15) is 37.7 Å². The molecule has 3 aliphatic rings. The monoisotopic (exact) mass is 397 g/mol. The number of hydrogen-bond acceptors (Lipinski definition) is 4. The highest BCUT2D eigenvalue weighted by Gasteiger charge is 2.36. The average Bonchev–Trinajstić information content (AvgIpc) is 3.46. The Balaban J connectivity index is 1.45. The van der Waals surface area contributed by atoms with Gasteiger partial charge in [0.25, 0.3) is 10.0 Å². The van der Waals surface area contributed by atoms with Gasteiger partial charge in [0.1, 0.15) is 0 Å². The van der Waals surface area contributed by atoms with Crippen molar-refractivity contribution in [1.82, 2.24) is 5.32 Å². The Hall–Kier alpha value is -2.05. The maximum Gasteiger partial charge on any atom is 0.264 e. The molecular weight excluding hydrogens is 370 g/mol. The van der Waals surface area contributed by atoms with Gasteiger partial charge in [0.05, 0.1) is 16.7 Å². The maximum atomic E-state index is 13.1. The highest BCUT2D eigenvalue weighted by atomic mass is 32.2. The molecular formula is C22H27N3O2S. The minimum absolute atomic E-state index is 0.359. The molecule has 2 aliphatic heterocycles. The number of benzene rings is 2. The van der Waals surface area contributed by atoms with Crippen LogP contribution < -0.4 is 14.5 Å². The summed E-state index contributed by atoms with van der Waals surface area (Å²) in [5.41, 5.74) is 3.21. The van der Waals surface area contributed by atoms with Crippen molar-refractivity contribution in [3.63, 3.8) is 0 Å². The molecule has 2 aromatic carbocycles. The fourth-order valence-corrected chi connectivity index (χ4v) is 6.08. The molecule has 0 amide bonds. The molecule has 2 aromatic rings. The van der Waals surface area contributed by atoms with Crippen molar-refractivity contribution in [3.05, 3.63) is 54.1 Å². The molecule has 2 heterocycles. The van der Waals surface area contributed by atoms with Crippen molar-refractivity contribution in [3.8, 4) is 0 Å². The van der Waals surface area contributed by atoms with E-state index in [0.29, 0.717) is 23.6 Å². The van der Waals surface area contributed by atoms with Gasteiger partial charge in [-0.15, -0.1) is 0 Å². The highest BCUT2D eigenvalue weighted by molar-refractivity contribution is 7.92. The summed E-state index contributed by atoms with van der Waals surface area (Å²) in [6, 6.07) is 15.7. The van der Waals surface area contributed by atoms with Gasteiger partial charge in [-0.05, 0) is 81.0 Å². The molecule has 1 saturated heterocycles. The van der Waals surface area contributed by atoms with Crippen molar-refractivity contribution < 1.29 is 8.42 Å². The topological polar surface area (TPSA) is 52.7 Å². The van der Waals surface area contributed by atoms with Gasteiger partial charge >= 0.3 is 0 Å². The molecule has 28 heavy (non-hydrogen) atoms. The summed E-state index contributed by atoms with van der Waals surface area (Å²) in [6.45, 7) is 1.60. The summed E-state index contributed by atoms with van der Waals surface area (Å²) in [5, 5.41) is 3.68. The minimum atomic E-state index is -3.50. The van der Waals surface area contributed by atoms with Gasteiger partial charge in [-0.1, -0.05) is 18.2 Å². The van der Waals surface area contributed by atoms with Crippen LogP contribution in [-0.2, 0) is 16.4 Å². The number of nitrogens with one attached hydrogen (secondary N) is 1. The molecule has 0 spiro atoms. The predicted molar refractivity (Wildman–Crippen MR) is 112 cm³/mol. The summed E-state index contributed by atoms with van der Waals surface area (Å²) in [6.07, 6.45) is 7.40. The number of hydrogen-bond donors (Lipinski definition) is 1. The van der Waals surface area contributed by atoms with Crippen LogP contribution in [0.2, 0.25) is 0 Å². The first-order chi connectivity index (χ1) is 13.6. The summed E-state index contributed by atoms with van der Waals surface area (Å²) < 4.78 is 27.7. The van der Waals surface area contributed by atoms with Crippen LogP contribution in [0.5, 0.6) is 0 Å². The zero-order chi connectivity index (χ0) is 19.1. The lowest BCUT2D eigenvalue weighted by Crippen LogP contribution is -2.49. The molecule has 2 fully saturated rings. The quantitative estimate of drug-likeness (QED) is 0.839. The van der Waals surface area contributed by atoms with Crippen molar-refractivity contribution in [2.24, 2.45) is 0 Å². The van der Waals surface area contributed by atoms with Gasteiger partial charge in [0.2, 0.25) is 0 Å². The Morgan fingerprint density at radius 2 is 1.82 bits per heavy atom. The van der Waals surface area contributed by atoms with Gasteiger partial charge in [0.15, 0.2) is 0 Å². The maximum absolute atomic E-state index is 13.1. The van der Waals surface area contributed by atoms with E-state index in [4.69, 9.17) is 0 Å². The second-order valence-corrected chi connectivity index (χ2v) is 9.92. The molecule has 1 atom stereocenters. The van der Waals surface area contributed by atoms with E-state index >= 15 is 0 Å². The lowest BCUT2D eigenvalue weighted by molar-refractivity contribution is 0.382. The second-order valence-electron chi connectivity index (χ2n) is 8.06. The average molecular weight is 398 g/mol. The third-order valence-corrected chi connectivity index (χ3v) is 7.93. The Morgan fingerprint density at radius 1 is 1.00 bits per heavy atom. The van der Waals surface area contributed by atoms with E-state index in [9.17, 15) is 8.42 Å². The largest absolute Gasteiger partial charge is 0.353 e.